The summed E-state index contributed by atoms with van der Waals surface area (Å²) in [5.74, 6) is 0.834. The number of carbonyl (C=O) groups is 2. The molecular formula is C13H22N2O3S. The van der Waals surface area contributed by atoms with Crippen LogP contribution in [0.5, 0.6) is 0 Å². The predicted molar refractivity (Wildman–Crippen MR) is 77.5 cm³/mol. The molecule has 0 unspecified atom stereocenters. The van der Waals surface area contributed by atoms with Crippen molar-refractivity contribution in [3.8, 4) is 0 Å². The second kappa shape index (κ2) is 8.09. The maximum Gasteiger partial charge on any atom is 0.315 e. The van der Waals surface area contributed by atoms with E-state index in [4.69, 9.17) is 5.11 Å². The molecule has 0 saturated heterocycles. The Kier molecular flexibility index (Phi) is 6.77. The Balaban J connectivity index is 2.31. The highest BCUT2D eigenvalue weighted by Gasteiger charge is 2.37. The molecule has 1 saturated carbocycles. The lowest BCUT2D eigenvalue weighted by molar-refractivity contribution is -0.138. The molecule has 0 heterocycles. The average molecular weight is 286 g/mol. The van der Waals surface area contributed by atoms with Gasteiger partial charge in [-0.1, -0.05) is 18.9 Å². The molecule has 0 aromatic carbocycles. The third-order valence-electron chi connectivity index (χ3n) is 3.20. The summed E-state index contributed by atoms with van der Waals surface area (Å²) >= 11 is 1.69. The zero-order chi connectivity index (χ0) is 14.1. The number of carboxylic acid groups (broad SMARTS) is 1. The van der Waals surface area contributed by atoms with Gasteiger partial charge in [0.05, 0.1) is 12.0 Å². The fraction of sp³-hybridized carbons (Fsp3) is 0.692. The van der Waals surface area contributed by atoms with Gasteiger partial charge in [-0.25, -0.2) is 4.79 Å². The van der Waals surface area contributed by atoms with Crippen molar-refractivity contribution in [1.29, 1.82) is 0 Å². The summed E-state index contributed by atoms with van der Waals surface area (Å²) in [5, 5.41) is 14.6. The standard InChI is InChI=1S/C13H22N2O3S/c1-2-8-19-9-7-14-12(18)15-13(10-11(16)17)5-3-4-6-13/h2H,1,3-10H2,(H,16,17)(H2,14,15,18). The van der Waals surface area contributed by atoms with Crippen LogP contribution in [0.15, 0.2) is 12.7 Å². The van der Waals surface area contributed by atoms with Gasteiger partial charge in [-0.3, -0.25) is 4.79 Å². The molecule has 19 heavy (non-hydrogen) atoms. The number of hydrogen-bond donors (Lipinski definition) is 3. The summed E-state index contributed by atoms with van der Waals surface area (Å²) in [4.78, 5) is 22.7. The van der Waals surface area contributed by atoms with Crippen molar-refractivity contribution in [3.05, 3.63) is 12.7 Å². The Morgan fingerprint density at radius 1 is 1.37 bits per heavy atom. The maximum atomic E-state index is 11.8. The van der Waals surface area contributed by atoms with Crippen LogP contribution in [-0.4, -0.2) is 40.7 Å². The number of amides is 2. The van der Waals surface area contributed by atoms with E-state index in [-0.39, 0.29) is 12.5 Å². The summed E-state index contributed by atoms with van der Waals surface area (Å²) < 4.78 is 0. The van der Waals surface area contributed by atoms with E-state index in [9.17, 15) is 9.59 Å². The molecule has 0 aromatic heterocycles. The lowest BCUT2D eigenvalue weighted by Crippen LogP contribution is -2.52. The van der Waals surface area contributed by atoms with E-state index in [0.29, 0.717) is 6.54 Å². The molecule has 6 heteroatoms. The number of nitrogens with one attached hydrogen (secondary N) is 2. The summed E-state index contributed by atoms with van der Waals surface area (Å²) in [6.45, 7) is 4.20. The molecule has 3 N–H and O–H groups in total. The van der Waals surface area contributed by atoms with Crippen LogP contribution in [-0.2, 0) is 4.79 Å². The third kappa shape index (κ3) is 6.00. The van der Waals surface area contributed by atoms with E-state index < -0.39 is 11.5 Å². The summed E-state index contributed by atoms with van der Waals surface area (Å²) in [6.07, 6.45) is 5.28. The Morgan fingerprint density at radius 2 is 2.05 bits per heavy atom. The lowest BCUT2D eigenvalue weighted by Gasteiger charge is -2.28. The molecule has 1 fully saturated rings. The molecule has 108 valence electrons. The first kappa shape index (κ1) is 15.9. The van der Waals surface area contributed by atoms with Crippen LogP contribution >= 0.6 is 11.8 Å². The molecule has 1 rings (SSSR count). The van der Waals surface area contributed by atoms with Crippen LogP contribution < -0.4 is 10.6 Å². The van der Waals surface area contributed by atoms with E-state index in [1.165, 1.54) is 0 Å². The van der Waals surface area contributed by atoms with Gasteiger partial charge in [0, 0.05) is 18.1 Å². The monoisotopic (exact) mass is 286 g/mol. The van der Waals surface area contributed by atoms with Gasteiger partial charge in [0.15, 0.2) is 0 Å². The minimum atomic E-state index is -0.858. The van der Waals surface area contributed by atoms with Crippen LogP contribution in [0.25, 0.3) is 0 Å². The van der Waals surface area contributed by atoms with Crippen molar-refractivity contribution < 1.29 is 14.7 Å². The maximum absolute atomic E-state index is 11.8. The number of hydrogen-bond acceptors (Lipinski definition) is 3. The molecule has 1 aliphatic carbocycles. The summed E-state index contributed by atoms with van der Waals surface area (Å²) in [6, 6.07) is -0.262. The van der Waals surface area contributed by atoms with Gasteiger partial charge in [0.1, 0.15) is 0 Å². The largest absolute Gasteiger partial charge is 0.481 e. The molecule has 0 aliphatic heterocycles. The highest BCUT2D eigenvalue weighted by Crippen LogP contribution is 2.32. The molecule has 0 bridgehead atoms. The molecule has 0 aromatic rings. The number of rotatable bonds is 8. The average Bonchev–Trinajstić information content (AvgIpc) is 2.76. The number of carbonyl (C=O) groups excluding carboxylic acids is 1. The first-order valence-corrected chi connectivity index (χ1v) is 7.70. The Morgan fingerprint density at radius 3 is 2.63 bits per heavy atom. The minimum absolute atomic E-state index is 0.00559. The summed E-state index contributed by atoms with van der Waals surface area (Å²) in [5.41, 5.74) is -0.551. The van der Waals surface area contributed by atoms with Gasteiger partial charge in [-0.05, 0) is 12.8 Å². The van der Waals surface area contributed by atoms with Gasteiger partial charge in [0.2, 0.25) is 0 Å². The quantitative estimate of drug-likeness (QED) is 0.471. The molecule has 0 radical (unpaired) electrons. The predicted octanol–water partition coefficient (Wildman–Crippen LogP) is 1.99. The molecule has 5 nitrogen and oxygen atoms in total. The van der Waals surface area contributed by atoms with Gasteiger partial charge >= 0.3 is 12.0 Å². The third-order valence-corrected chi connectivity index (χ3v) is 4.16. The van der Waals surface area contributed by atoms with E-state index in [2.05, 4.69) is 17.2 Å². The Labute approximate surface area is 118 Å². The zero-order valence-corrected chi connectivity index (χ0v) is 11.9. The smallest absolute Gasteiger partial charge is 0.315 e. The van der Waals surface area contributed by atoms with Crippen LogP contribution in [0.2, 0.25) is 0 Å². The molecule has 0 atom stereocenters. The van der Waals surface area contributed by atoms with Gasteiger partial charge in [-0.15, -0.1) is 6.58 Å². The van der Waals surface area contributed by atoms with Crippen molar-refractivity contribution >= 4 is 23.8 Å². The minimum Gasteiger partial charge on any atom is -0.481 e. The lowest BCUT2D eigenvalue weighted by atomic mass is 9.93. The van der Waals surface area contributed by atoms with Crippen molar-refractivity contribution in [2.75, 3.05) is 18.1 Å². The van der Waals surface area contributed by atoms with Crippen LogP contribution in [0.4, 0.5) is 4.79 Å². The van der Waals surface area contributed by atoms with Crippen LogP contribution in [0, 0.1) is 0 Å². The van der Waals surface area contributed by atoms with Crippen molar-refractivity contribution in [1.82, 2.24) is 10.6 Å². The zero-order valence-electron chi connectivity index (χ0n) is 11.1. The number of urea groups is 1. The van der Waals surface area contributed by atoms with E-state index in [0.717, 1.165) is 37.2 Å². The molecule has 2 amide bonds. The van der Waals surface area contributed by atoms with Gasteiger partial charge in [-0.2, -0.15) is 11.8 Å². The van der Waals surface area contributed by atoms with Crippen LogP contribution in [0.1, 0.15) is 32.1 Å². The van der Waals surface area contributed by atoms with Crippen LogP contribution in [0.3, 0.4) is 0 Å². The van der Waals surface area contributed by atoms with Crippen molar-refractivity contribution in [2.24, 2.45) is 0 Å². The van der Waals surface area contributed by atoms with Crippen molar-refractivity contribution in [2.45, 2.75) is 37.6 Å². The van der Waals surface area contributed by atoms with E-state index in [1.54, 1.807) is 11.8 Å². The highest BCUT2D eigenvalue weighted by atomic mass is 32.2. The highest BCUT2D eigenvalue weighted by molar-refractivity contribution is 7.99. The number of aliphatic carboxylic acids is 1. The first-order valence-electron chi connectivity index (χ1n) is 6.54. The van der Waals surface area contributed by atoms with Gasteiger partial charge < -0.3 is 15.7 Å². The molecule has 1 aliphatic rings. The SMILES string of the molecule is C=CCSCCNC(=O)NC1(CC(=O)O)CCCC1. The summed E-state index contributed by atoms with van der Waals surface area (Å²) in [7, 11) is 0. The fourth-order valence-electron chi connectivity index (χ4n) is 2.38. The number of carboxylic acids is 1. The Bertz CT molecular complexity index is 328. The second-order valence-corrected chi connectivity index (χ2v) is 5.95. The molecular weight excluding hydrogens is 264 g/mol. The van der Waals surface area contributed by atoms with E-state index in [1.807, 2.05) is 6.08 Å². The normalized spacial score (nSPS) is 16.8. The second-order valence-electron chi connectivity index (χ2n) is 4.80. The first-order chi connectivity index (χ1) is 9.08. The topological polar surface area (TPSA) is 78.4 Å². The molecule has 0 spiro atoms. The number of thioether (sulfide) groups is 1. The Hall–Kier alpha value is -1.17. The van der Waals surface area contributed by atoms with Gasteiger partial charge in [0.25, 0.3) is 0 Å². The van der Waals surface area contributed by atoms with Crippen molar-refractivity contribution in [3.63, 3.8) is 0 Å². The fourth-order valence-corrected chi connectivity index (χ4v) is 2.96. The van der Waals surface area contributed by atoms with E-state index >= 15 is 0 Å².